The summed E-state index contributed by atoms with van der Waals surface area (Å²) in [7, 11) is 0. The first-order chi connectivity index (χ1) is 16.5. The number of benzene rings is 2. The van der Waals surface area contributed by atoms with Crippen molar-refractivity contribution >= 4 is 23.2 Å². The first kappa shape index (κ1) is 22.2. The largest absolute Gasteiger partial charge is 0.454 e. The Morgan fingerprint density at radius 3 is 2.74 bits per heavy atom. The molecule has 0 saturated heterocycles. The zero-order chi connectivity index (χ0) is 23.7. The monoisotopic (exact) mass is 478 g/mol. The molecule has 1 unspecified atom stereocenters. The van der Waals surface area contributed by atoms with Crippen LogP contribution in [-0.4, -0.2) is 48.0 Å². The van der Waals surface area contributed by atoms with Gasteiger partial charge in [0.15, 0.2) is 11.5 Å². The number of hydrogen-bond donors (Lipinski definition) is 0. The van der Waals surface area contributed by atoms with E-state index in [0.29, 0.717) is 23.6 Å². The lowest BCUT2D eigenvalue weighted by Gasteiger charge is -2.37. The summed E-state index contributed by atoms with van der Waals surface area (Å²) in [5.74, 6) is 0.299. The van der Waals surface area contributed by atoms with Crippen LogP contribution in [0.5, 0.6) is 11.5 Å². The van der Waals surface area contributed by atoms with Crippen molar-refractivity contribution in [3.63, 3.8) is 0 Å². The minimum absolute atomic E-state index is 0.101. The summed E-state index contributed by atoms with van der Waals surface area (Å²) in [4.78, 5) is 31.3. The van der Waals surface area contributed by atoms with Crippen molar-refractivity contribution in [2.75, 3.05) is 26.4 Å². The third-order valence-electron chi connectivity index (χ3n) is 6.05. The van der Waals surface area contributed by atoms with Gasteiger partial charge in [0.1, 0.15) is 12.4 Å². The fourth-order valence-electron chi connectivity index (χ4n) is 4.43. The predicted molar refractivity (Wildman–Crippen MR) is 127 cm³/mol. The van der Waals surface area contributed by atoms with Crippen molar-refractivity contribution < 1.29 is 23.5 Å². The first-order valence-corrected chi connectivity index (χ1v) is 11.8. The van der Waals surface area contributed by atoms with Crippen LogP contribution in [0.25, 0.3) is 0 Å². The van der Waals surface area contributed by atoms with Crippen LogP contribution in [0.4, 0.5) is 4.39 Å². The molecule has 0 spiro atoms. The smallest absolute Gasteiger partial charge is 0.254 e. The van der Waals surface area contributed by atoms with E-state index >= 15 is 0 Å². The molecule has 2 aromatic carbocycles. The van der Waals surface area contributed by atoms with Gasteiger partial charge in [-0.05, 0) is 59.3 Å². The van der Waals surface area contributed by atoms with Crippen LogP contribution < -0.4 is 9.47 Å². The van der Waals surface area contributed by atoms with Gasteiger partial charge in [-0.15, -0.1) is 17.9 Å². The fraction of sp³-hybridized carbons (Fsp3) is 0.231. The molecule has 2 aliphatic heterocycles. The van der Waals surface area contributed by atoms with Crippen LogP contribution >= 0.6 is 11.3 Å². The summed E-state index contributed by atoms with van der Waals surface area (Å²) < 4.78 is 24.3. The number of fused-ring (bicyclic) bond motifs is 2. The average molecular weight is 479 g/mol. The molecule has 5 rings (SSSR count). The quantitative estimate of drug-likeness (QED) is 0.492. The highest BCUT2D eigenvalue weighted by atomic mass is 32.1. The molecule has 174 valence electrons. The molecule has 3 aromatic rings. The second-order valence-corrected chi connectivity index (χ2v) is 9.13. The maximum absolute atomic E-state index is 13.6. The lowest BCUT2D eigenvalue weighted by molar-refractivity contribution is -0.133. The third kappa shape index (κ3) is 4.17. The van der Waals surface area contributed by atoms with Crippen LogP contribution in [0.15, 0.2) is 66.6 Å². The highest BCUT2D eigenvalue weighted by molar-refractivity contribution is 7.10. The average Bonchev–Trinajstić information content (AvgIpc) is 3.52. The minimum Gasteiger partial charge on any atom is -0.454 e. The number of ether oxygens (including phenoxy) is 2. The molecular weight excluding hydrogens is 455 g/mol. The Hall–Kier alpha value is -3.65. The predicted octanol–water partition coefficient (Wildman–Crippen LogP) is 4.42. The highest BCUT2D eigenvalue weighted by Crippen LogP contribution is 2.38. The van der Waals surface area contributed by atoms with E-state index in [2.05, 4.69) is 6.58 Å². The van der Waals surface area contributed by atoms with E-state index < -0.39 is 0 Å². The molecule has 1 aromatic heterocycles. The van der Waals surface area contributed by atoms with Crippen molar-refractivity contribution in [1.29, 1.82) is 0 Å². The maximum atomic E-state index is 13.6. The van der Waals surface area contributed by atoms with Gasteiger partial charge < -0.3 is 19.3 Å². The summed E-state index contributed by atoms with van der Waals surface area (Å²) >= 11 is 1.66. The van der Waals surface area contributed by atoms with Gasteiger partial charge in [0.2, 0.25) is 12.7 Å². The van der Waals surface area contributed by atoms with E-state index in [-0.39, 0.29) is 43.6 Å². The molecule has 2 amide bonds. The molecule has 2 aliphatic rings. The summed E-state index contributed by atoms with van der Waals surface area (Å²) in [6.45, 7) is 4.51. The number of amides is 2. The number of thiophene rings is 1. The summed E-state index contributed by atoms with van der Waals surface area (Å²) in [5.41, 5.74) is 2.30. The topological polar surface area (TPSA) is 59.1 Å². The number of halogens is 1. The van der Waals surface area contributed by atoms with E-state index in [0.717, 1.165) is 17.5 Å². The first-order valence-electron chi connectivity index (χ1n) is 11.0. The van der Waals surface area contributed by atoms with Crippen molar-refractivity contribution in [2.45, 2.75) is 12.5 Å². The van der Waals surface area contributed by atoms with Crippen LogP contribution in [0.2, 0.25) is 0 Å². The van der Waals surface area contributed by atoms with Crippen molar-refractivity contribution in [3.8, 4) is 11.5 Å². The Balaban J connectivity index is 1.40. The molecular formula is C26H23FN2O4S. The molecule has 0 saturated carbocycles. The summed E-state index contributed by atoms with van der Waals surface area (Å²) in [6, 6.07) is 12.9. The van der Waals surface area contributed by atoms with Gasteiger partial charge in [-0.3, -0.25) is 9.59 Å². The number of hydrogen-bond acceptors (Lipinski definition) is 5. The Morgan fingerprint density at radius 1 is 1.15 bits per heavy atom. The minimum atomic E-state index is -0.325. The van der Waals surface area contributed by atoms with Crippen molar-refractivity contribution in [3.05, 3.63) is 94.0 Å². The molecule has 34 heavy (non-hydrogen) atoms. The molecule has 0 N–H and O–H groups in total. The summed E-state index contributed by atoms with van der Waals surface area (Å²) in [5, 5.41) is 2.02. The van der Waals surface area contributed by atoms with E-state index in [9.17, 15) is 14.0 Å². The number of rotatable bonds is 6. The molecule has 0 bridgehead atoms. The fourth-order valence-corrected chi connectivity index (χ4v) is 5.33. The number of carbonyl (C=O) groups excluding carboxylic acids is 2. The Kier molecular flexibility index (Phi) is 6.06. The lowest BCUT2D eigenvalue weighted by Crippen LogP contribution is -2.46. The van der Waals surface area contributed by atoms with Crippen molar-refractivity contribution in [2.24, 2.45) is 0 Å². The standard InChI is InChI=1S/C26H23FN2O4S/c1-2-11-28(26(31)18-5-8-21-22(14-18)33-16-32-21)15-24(30)29-12-9-23-20(10-13-34-23)25(29)17-3-6-19(27)7-4-17/h2-8,10,13-14,25H,1,9,11-12,15-16H2. The normalized spacial score (nSPS) is 16.1. The van der Waals surface area contributed by atoms with Gasteiger partial charge in [0.25, 0.3) is 5.91 Å². The van der Waals surface area contributed by atoms with Crippen LogP contribution in [0.3, 0.4) is 0 Å². The number of carbonyl (C=O) groups is 2. The van der Waals surface area contributed by atoms with Gasteiger partial charge in [0, 0.05) is 23.5 Å². The third-order valence-corrected chi connectivity index (χ3v) is 7.05. The molecule has 0 radical (unpaired) electrons. The van der Waals surface area contributed by atoms with Gasteiger partial charge in [-0.2, -0.15) is 0 Å². The Bertz CT molecular complexity index is 1240. The number of nitrogens with zero attached hydrogens (tertiary/aromatic N) is 2. The molecule has 8 heteroatoms. The van der Waals surface area contributed by atoms with Gasteiger partial charge in [-0.1, -0.05) is 18.2 Å². The molecule has 6 nitrogen and oxygen atoms in total. The highest BCUT2D eigenvalue weighted by Gasteiger charge is 2.34. The van der Waals surface area contributed by atoms with Crippen LogP contribution in [0, 0.1) is 5.82 Å². The van der Waals surface area contributed by atoms with Gasteiger partial charge in [-0.25, -0.2) is 4.39 Å². The van der Waals surface area contributed by atoms with Crippen molar-refractivity contribution in [1.82, 2.24) is 9.80 Å². The zero-order valence-corrected chi connectivity index (χ0v) is 19.2. The zero-order valence-electron chi connectivity index (χ0n) is 18.4. The van der Waals surface area contributed by atoms with Crippen LogP contribution in [-0.2, 0) is 11.2 Å². The Labute approximate surface area is 200 Å². The maximum Gasteiger partial charge on any atom is 0.254 e. The van der Waals surface area contributed by atoms with E-state index in [1.807, 2.05) is 11.4 Å². The van der Waals surface area contributed by atoms with E-state index in [4.69, 9.17) is 9.47 Å². The molecule has 1 atom stereocenters. The Morgan fingerprint density at radius 2 is 1.94 bits per heavy atom. The molecule has 3 heterocycles. The molecule has 0 fully saturated rings. The second-order valence-electron chi connectivity index (χ2n) is 8.13. The van der Waals surface area contributed by atoms with Gasteiger partial charge in [0.05, 0.1) is 6.04 Å². The lowest BCUT2D eigenvalue weighted by atomic mass is 9.93. The van der Waals surface area contributed by atoms with E-state index in [1.54, 1.807) is 52.6 Å². The van der Waals surface area contributed by atoms with E-state index in [1.165, 1.54) is 21.9 Å². The second kappa shape index (κ2) is 9.30. The van der Waals surface area contributed by atoms with Gasteiger partial charge >= 0.3 is 0 Å². The molecule has 0 aliphatic carbocycles. The van der Waals surface area contributed by atoms with Crippen LogP contribution in [0.1, 0.15) is 32.4 Å². The SMILES string of the molecule is C=CCN(CC(=O)N1CCc2sccc2C1c1ccc(F)cc1)C(=O)c1ccc2c(c1)OCO2. The summed E-state index contributed by atoms with van der Waals surface area (Å²) in [6.07, 6.45) is 2.34.